The molecule has 11 N–H and O–H groups in total. The predicted molar refractivity (Wildman–Crippen MR) is 324 cm³/mol. The first-order valence-corrected chi connectivity index (χ1v) is 30.7. The number of imide groups is 1. The number of morpholine rings is 1. The van der Waals surface area contributed by atoms with Crippen LogP contribution in [0.2, 0.25) is 0 Å². The van der Waals surface area contributed by atoms with Crippen molar-refractivity contribution in [2.45, 2.75) is 146 Å². The zero-order valence-corrected chi connectivity index (χ0v) is 51.8. The molecule has 92 heavy (non-hydrogen) atoms. The number of fused-ring (bicyclic) bond motifs is 5. The van der Waals surface area contributed by atoms with Crippen LogP contribution in [0.25, 0.3) is 0 Å². The number of rotatable bonds is 24. The summed E-state index contributed by atoms with van der Waals surface area (Å²) in [5.74, 6) is -6.88. The Morgan fingerprint density at radius 1 is 0.870 bits per heavy atom. The molecule has 9 rings (SSSR count). The van der Waals surface area contributed by atoms with E-state index in [1.165, 1.54) is 29.1 Å². The molecule has 5 aliphatic heterocycles. The number of nitrogens with two attached hydrogens (primary N) is 2. The molecule has 1 unspecified atom stereocenters. The maximum absolute atomic E-state index is 14.8. The van der Waals surface area contributed by atoms with Gasteiger partial charge in [0.15, 0.2) is 30.4 Å². The maximum atomic E-state index is 14.8. The highest BCUT2D eigenvalue weighted by atomic mass is 16.7. The number of carbonyl (C=O) groups excluding carboxylic acids is 10. The highest BCUT2D eigenvalue weighted by Gasteiger charge is 2.56. The van der Waals surface area contributed by atoms with E-state index in [9.17, 15) is 63.3 Å². The number of benzene rings is 2. The third-order valence-electron chi connectivity index (χ3n) is 17.6. The van der Waals surface area contributed by atoms with E-state index in [0.29, 0.717) is 43.7 Å². The second-order valence-corrected chi connectivity index (χ2v) is 24.1. The van der Waals surface area contributed by atoms with Crippen LogP contribution in [0.15, 0.2) is 72.5 Å². The molecule has 0 saturated carbocycles. The van der Waals surface area contributed by atoms with Crippen LogP contribution in [0.4, 0.5) is 15.3 Å². The topological polar surface area (TPSA) is 400 Å². The van der Waals surface area contributed by atoms with Gasteiger partial charge in [-0.15, -0.1) is 0 Å². The number of hydrogen-bond acceptors (Lipinski definition) is 21. The second kappa shape index (κ2) is 28.9. The van der Waals surface area contributed by atoms with Gasteiger partial charge in [0.2, 0.25) is 17.7 Å². The molecule has 4 saturated heterocycles. The number of aliphatic hydroxyl groups is 1. The largest absolute Gasteiger partial charge is 0.507 e. The Bertz CT molecular complexity index is 3330. The molecule has 5 heterocycles. The summed E-state index contributed by atoms with van der Waals surface area (Å²) in [6.45, 7) is 13.4. The Labute approximate surface area is 530 Å². The van der Waals surface area contributed by atoms with Gasteiger partial charge in [0.25, 0.3) is 17.7 Å². The lowest BCUT2D eigenvalue weighted by Gasteiger charge is -2.45. The van der Waals surface area contributed by atoms with E-state index in [2.05, 4.69) is 39.3 Å². The number of amides is 9. The summed E-state index contributed by atoms with van der Waals surface area (Å²) >= 11 is 0. The number of hydrogen-bond donors (Lipinski definition) is 9. The summed E-state index contributed by atoms with van der Waals surface area (Å²) < 4.78 is 36.4. The zero-order valence-electron chi connectivity index (χ0n) is 51.8. The van der Waals surface area contributed by atoms with E-state index in [1.807, 2.05) is 0 Å². The number of urea groups is 1. The third kappa shape index (κ3) is 14.5. The number of allylic oxidation sites excluding steroid dienone is 3. The number of primary amides is 1. The van der Waals surface area contributed by atoms with Crippen LogP contribution in [0.3, 0.4) is 0 Å². The van der Waals surface area contributed by atoms with Crippen molar-refractivity contribution in [3.63, 3.8) is 0 Å². The summed E-state index contributed by atoms with van der Waals surface area (Å²) in [5.41, 5.74) is 7.33. The molecular weight excluding hydrogens is 1200 g/mol. The number of unbranched alkanes of at least 4 members (excludes halogenated alkanes) is 2. The van der Waals surface area contributed by atoms with E-state index < -0.39 is 138 Å². The summed E-state index contributed by atoms with van der Waals surface area (Å²) in [4.78, 5) is 138. The quantitative estimate of drug-likeness (QED) is 0.0410. The Morgan fingerprint density at radius 3 is 2.21 bits per heavy atom. The summed E-state index contributed by atoms with van der Waals surface area (Å²) in [7, 11) is 1.51. The molecule has 0 bridgehead atoms. The lowest BCUT2D eigenvalue weighted by Crippen LogP contribution is -2.59. The predicted octanol–water partition coefficient (Wildman–Crippen LogP) is 1.68. The Hall–Kier alpha value is -8.58. The zero-order chi connectivity index (χ0) is 66.5. The molecule has 0 spiro atoms. The average Bonchev–Trinajstić information content (AvgIpc) is 0.852. The lowest BCUT2D eigenvalue weighted by atomic mass is 9.72. The maximum Gasteiger partial charge on any atom is 0.410 e. The van der Waals surface area contributed by atoms with Crippen LogP contribution in [0.1, 0.15) is 116 Å². The van der Waals surface area contributed by atoms with Crippen molar-refractivity contribution in [2.24, 2.45) is 17.4 Å². The summed E-state index contributed by atoms with van der Waals surface area (Å²) in [6.07, 6.45) is -1.00. The van der Waals surface area contributed by atoms with Crippen LogP contribution in [-0.4, -0.2) is 208 Å². The van der Waals surface area contributed by atoms with Crippen LogP contribution in [0.5, 0.6) is 11.5 Å². The van der Waals surface area contributed by atoms with Gasteiger partial charge in [0.1, 0.15) is 41.9 Å². The minimum Gasteiger partial charge on any atom is -0.507 e. The Morgan fingerprint density at radius 2 is 1.55 bits per heavy atom. The van der Waals surface area contributed by atoms with E-state index in [-0.39, 0.29) is 123 Å². The van der Waals surface area contributed by atoms with E-state index in [4.69, 9.17) is 39.9 Å². The standard InChI is InChI=1S/C63H80N10O19/c1-7-37-46(33(4)64)53(79)49-48(51(37)77)52(78)38-29-63(86,30-41(47(38)54(49)80)91-45-28-40-55(34(5)90-45)92-58-59(87-6)88-27-26-72(40)58)60(83)70-22-24-71(25-23-70)62(85)89-31-35-14-16-36(17-15-35)67-56(81)39(12-11-20-66-61(65)84)68-57(82)50(32(2)3)69-42(74)13-9-8-10-21-73-43(75)18-19-44(73)76/h7,14-19,32,34,39-41,45,50,55,58-59,78,80,86H,1,4,8-13,20-31,64H2,2-3,5-6H3,(H,67,81)(H,68,82)(H,69,74)(H3,65,66,84)/t34-,39-,40-,41-,45?,50-,55+,58+,59-,63-/m0/s1. The van der Waals surface area contributed by atoms with Gasteiger partial charge in [-0.05, 0) is 56.2 Å². The van der Waals surface area contributed by atoms with Crippen molar-refractivity contribution in [1.29, 1.82) is 0 Å². The molecule has 2 aromatic carbocycles. The molecule has 29 nitrogen and oxygen atoms in total. The number of ether oxygens (including phenoxy) is 6. The number of nitrogens with one attached hydrogen (secondary N) is 4. The van der Waals surface area contributed by atoms with Gasteiger partial charge >= 0.3 is 12.1 Å². The number of carbonyl (C=O) groups is 10. The number of phenols is 2. The van der Waals surface area contributed by atoms with Crippen LogP contribution in [0, 0.1) is 5.92 Å². The van der Waals surface area contributed by atoms with Gasteiger partial charge in [-0.25, -0.2) is 9.59 Å². The van der Waals surface area contributed by atoms with Crippen LogP contribution < -0.4 is 32.7 Å². The fraction of sp³-hybridized carbons (Fsp3) is 0.524. The van der Waals surface area contributed by atoms with Crippen molar-refractivity contribution < 1.29 is 91.7 Å². The number of methoxy groups -OCH3 is 1. The van der Waals surface area contributed by atoms with Crippen LogP contribution >= 0.6 is 0 Å². The normalized spacial score (nSPS) is 25.1. The fourth-order valence-electron chi connectivity index (χ4n) is 12.9. The molecule has 9 amide bonds. The highest BCUT2D eigenvalue weighted by molar-refractivity contribution is 6.31. The first kappa shape index (κ1) is 67.8. The number of Topliss-reactive ketones (excluding diaryl/α,β-unsaturated/α-hetero) is 2. The lowest BCUT2D eigenvalue weighted by molar-refractivity contribution is -0.256. The first-order valence-electron chi connectivity index (χ1n) is 30.7. The number of aromatic hydroxyl groups is 2. The first-order chi connectivity index (χ1) is 43.8. The molecule has 4 fully saturated rings. The molecule has 0 radical (unpaired) electrons. The summed E-state index contributed by atoms with van der Waals surface area (Å²) in [5, 5.41) is 47.7. The number of piperazine rings is 1. The molecule has 7 aliphatic rings. The highest BCUT2D eigenvalue weighted by Crippen LogP contribution is 2.53. The van der Waals surface area contributed by atoms with E-state index in [0.717, 1.165) is 11.0 Å². The van der Waals surface area contributed by atoms with Crippen molar-refractivity contribution in [3.8, 4) is 11.5 Å². The van der Waals surface area contributed by atoms with Gasteiger partial charge < -0.3 is 86.3 Å². The molecule has 0 aromatic heterocycles. The number of nitrogens with zero attached hydrogens (tertiary/aromatic N) is 4. The van der Waals surface area contributed by atoms with Gasteiger partial charge in [0, 0.05) is 125 Å². The molecule has 2 aliphatic carbocycles. The molecular formula is C63H80N10O19. The van der Waals surface area contributed by atoms with E-state index >= 15 is 0 Å². The molecule has 29 heteroatoms. The number of anilines is 1. The van der Waals surface area contributed by atoms with Gasteiger partial charge in [-0.1, -0.05) is 51.6 Å². The Balaban J connectivity index is 0.813. The smallest absolute Gasteiger partial charge is 0.410 e. The number of phenolic OH excluding ortho intramolecular Hbond substituents is 2. The summed E-state index contributed by atoms with van der Waals surface area (Å²) in [6, 6.07) is 3.17. The monoisotopic (exact) mass is 1280 g/mol. The van der Waals surface area contributed by atoms with Crippen molar-refractivity contribution in [3.05, 3.63) is 100 Å². The SMILES string of the molecule is C=CC1=C(C(=C)N)C(=O)c2c(O)c3c(c(O)c2C1=O)C[C@@](O)(C(=O)N1CCN(C(=O)OCc2ccc(NC(=O)[C@H](CCCNC(N)=O)NC(=O)[C@@H](NC(=O)CCCCCN4C(=O)C=CC4=O)C(C)C)cc2)CC1)C[C@@H]3OC1C[C@H]2[C@H](O[C@@H]3[C@@H](OC)OCCN32)[C@H](C)O1. The fourth-order valence-corrected chi connectivity index (χ4v) is 12.9. The van der Waals surface area contributed by atoms with Gasteiger partial charge in [-0.3, -0.25) is 48.2 Å². The van der Waals surface area contributed by atoms with Gasteiger partial charge in [0.05, 0.1) is 35.5 Å². The van der Waals surface area contributed by atoms with Gasteiger partial charge in [-0.2, -0.15) is 0 Å². The molecule has 2 aromatic rings. The third-order valence-corrected chi connectivity index (χ3v) is 17.6. The minimum absolute atomic E-state index is 0.0255. The van der Waals surface area contributed by atoms with Crippen molar-refractivity contribution in [1.82, 2.24) is 35.6 Å². The van der Waals surface area contributed by atoms with Crippen molar-refractivity contribution >= 4 is 64.8 Å². The van der Waals surface area contributed by atoms with E-state index in [1.54, 1.807) is 45.0 Å². The molecule has 10 atom stereocenters. The Kier molecular flexibility index (Phi) is 21.3. The minimum atomic E-state index is -2.36. The van der Waals surface area contributed by atoms with Crippen molar-refractivity contribution in [2.75, 3.05) is 64.8 Å². The average molecular weight is 1280 g/mol. The molecule has 496 valence electrons. The van der Waals surface area contributed by atoms with Crippen LogP contribution in [-0.2, 0) is 70.2 Å². The second-order valence-electron chi connectivity index (χ2n) is 24.1. The number of ketones is 2.